The fourth-order valence-corrected chi connectivity index (χ4v) is 5.22. The summed E-state index contributed by atoms with van der Waals surface area (Å²) in [6.45, 7) is 11.0. The molecular weight excluding hydrogens is 480 g/mol. The molecule has 2 fully saturated rings. The Morgan fingerprint density at radius 3 is 2.67 bits per heavy atom. The van der Waals surface area contributed by atoms with Gasteiger partial charge in [-0.15, -0.1) is 0 Å². The number of morpholine rings is 1. The van der Waals surface area contributed by atoms with E-state index in [1.165, 1.54) is 0 Å². The number of rotatable bonds is 9. The van der Waals surface area contributed by atoms with Gasteiger partial charge in [0.25, 0.3) is 0 Å². The van der Waals surface area contributed by atoms with Crippen LogP contribution in [0, 0.1) is 13.8 Å². The molecule has 0 bridgehead atoms. The number of amides is 1. The molecule has 1 amide bonds. The highest BCUT2D eigenvalue weighted by Gasteiger charge is 2.41. The topological polar surface area (TPSA) is 80.1 Å². The number of piperidine rings is 1. The summed E-state index contributed by atoms with van der Waals surface area (Å²) in [5.74, 6) is 0.774. The van der Waals surface area contributed by atoms with E-state index >= 15 is 0 Å². The number of nitrogens with zero attached hydrogens (tertiary/aromatic N) is 4. The lowest BCUT2D eigenvalue weighted by molar-refractivity contribution is -0.158. The van der Waals surface area contributed by atoms with Gasteiger partial charge in [0, 0.05) is 56.1 Å². The van der Waals surface area contributed by atoms with Crippen molar-refractivity contribution in [3.8, 4) is 5.75 Å². The fraction of sp³-hybridized carbons (Fsp3) is 0.630. The lowest BCUT2D eigenvalue weighted by Gasteiger charge is -2.43. The Hall–Kier alpha value is -2.13. The van der Waals surface area contributed by atoms with E-state index in [1.54, 1.807) is 0 Å². The maximum Gasteiger partial charge on any atom is 0.225 e. The van der Waals surface area contributed by atoms with E-state index in [0.29, 0.717) is 39.1 Å². The first-order chi connectivity index (χ1) is 17.3. The molecule has 3 heterocycles. The van der Waals surface area contributed by atoms with Gasteiger partial charge in [-0.05, 0) is 56.4 Å². The summed E-state index contributed by atoms with van der Waals surface area (Å²) < 4.78 is 14.6. The van der Waals surface area contributed by atoms with Crippen molar-refractivity contribution in [1.82, 2.24) is 19.6 Å². The highest BCUT2D eigenvalue weighted by molar-refractivity contribution is 6.32. The second-order valence-corrected chi connectivity index (χ2v) is 10.7. The van der Waals surface area contributed by atoms with Crippen LogP contribution < -0.4 is 4.74 Å². The van der Waals surface area contributed by atoms with Crippen LogP contribution in [0.3, 0.4) is 0 Å². The molecule has 0 unspecified atom stereocenters. The van der Waals surface area contributed by atoms with E-state index in [1.807, 2.05) is 41.8 Å². The van der Waals surface area contributed by atoms with E-state index in [0.717, 1.165) is 53.5 Å². The number of carbonyl (C=O) groups excluding carboxylic acids is 1. The summed E-state index contributed by atoms with van der Waals surface area (Å²) in [4.78, 5) is 17.5. The first-order valence-electron chi connectivity index (χ1n) is 13.0. The third kappa shape index (κ3) is 6.79. The maximum absolute atomic E-state index is 13.3. The molecule has 2 saturated heterocycles. The van der Waals surface area contributed by atoms with Gasteiger partial charge in [0.15, 0.2) is 0 Å². The molecule has 0 spiro atoms. The number of aryl methyl sites for hydroxylation is 3. The number of aliphatic hydroxyl groups excluding tert-OH is 1. The molecule has 2 aromatic rings. The second-order valence-electron chi connectivity index (χ2n) is 10.3. The van der Waals surface area contributed by atoms with Crippen molar-refractivity contribution in [3.63, 3.8) is 0 Å². The molecule has 2 aliphatic rings. The van der Waals surface area contributed by atoms with Crippen LogP contribution in [0.4, 0.5) is 0 Å². The summed E-state index contributed by atoms with van der Waals surface area (Å²) in [5, 5.41) is 15.1. The van der Waals surface area contributed by atoms with E-state index in [-0.39, 0.29) is 25.0 Å². The highest BCUT2D eigenvalue weighted by atomic mass is 35.5. The second kappa shape index (κ2) is 11.9. The molecule has 2 aliphatic heterocycles. The zero-order valence-electron chi connectivity index (χ0n) is 21.7. The number of hydrogen-bond donors (Lipinski definition) is 1. The highest BCUT2D eigenvalue weighted by Crippen LogP contribution is 2.30. The van der Waals surface area contributed by atoms with Crippen LogP contribution in [0.25, 0.3) is 0 Å². The maximum atomic E-state index is 13.3. The molecule has 0 aliphatic carbocycles. The smallest absolute Gasteiger partial charge is 0.225 e. The Balaban J connectivity index is 1.49. The Morgan fingerprint density at radius 2 is 1.97 bits per heavy atom. The molecule has 198 valence electrons. The van der Waals surface area contributed by atoms with Gasteiger partial charge in [0.05, 0.1) is 25.3 Å². The first kappa shape index (κ1) is 26.9. The molecule has 8 nitrogen and oxygen atoms in total. The minimum absolute atomic E-state index is 0.0478. The van der Waals surface area contributed by atoms with E-state index in [9.17, 15) is 9.90 Å². The third-order valence-electron chi connectivity index (χ3n) is 7.08. The summed E-state index contributed by atoms with van der Waals surface area (Å²) in [5.41, 5.74) is 2.30. The molecule has 1 N–H and O–H groups in total. The largest absolute Gasteiger partial charge is 0.490 e. The van der Waals surface area contributed by atoms with Gasteiger partial charge in [-0.25, -0.2) is 0 Å². The SMILES string of the molecule is CCCn1cc(CN2CCO[C@](COc3cc(C)c(Cl)c(C)c3)(CC(=O)N3CCC(O)CC3)C2)cn1. The van der Waals surface area contributed by atoms with Crippen LogP contribution in [-0.2, 0) is 22.6 Å². The van der Waals surface area contributed by atoms with Crippen molar-refractivity contribution in [3.05, 3.63) is 46.2 Å². The van der Waals surface area contributed by atoms with Gasteiger partial charge in [-0.2, -0.15) is 5.10 Å². The molecule has 9 heteroatoms. The average Bonchev–Trinajstić information content (AvgIpc) is 3.28. The van der Waals surface area contributed by atoms with Gasteiger partial charge in [-0.1, -0.05) is 18.5 Å². The zero-order valence-corrected chi connectivity index (χ0v) is 22.5. The van der Waals surface area contributed by atoms with Gasteiger partial charge >= 0.3 is 0 Å². The average molecular weight is 519 g/mol. The Kier molecular flexibility index (Phi) is 8.93. The van der Waals surface area contributed by atoms with Crippen LogP contribution in [0.1, 0.15) is 49.3 Å². The summed E-state index contributed by atoms with van der Waals surface area (Å²) in [6.07, 6.45) is 6.21. The molecule has 1 aromatic heterocycles. The summed E-state index contributed by atoms with van der Waals surface area (Å²) >= 11 is 6.35. The molecule has 36 heavy (non-hydrogen) atoms. The van der Waals surface area contributed by atoms with Crippen molar-refractivity contribution in [1.29, 1.82) is 0 Å². The van der Waals surface area contributed by atoms with Crippen molar-refractivity contribution >= 4 is 17.5 Å². The van der Waals surface area contributed by atoms with Crippen LogP contribution in [0.2, 0.25) is 5.02 Å². The number of benzene rings is 1. The number of aromatic nitrogens is 2. The van der Waals surface area contributed by atoms with Gasteiger partial charge in [-0.3, -0.25) is 14.4 Å². The number of hydrogen-bond acceptors (Lipinski definition) is 6. The lowest BCUT2D eigenvalue weighted by Crippen LogP contribution is -2.57. The Labute approximate surface area is 219 Å². The van der Waals surface area contributed by atoms with Crippen LogP contribution in [0.15, 0.2) is 24.5 Å². The monoisotopic (exact) mass is 518 g/mol. The Morgan fingerprint density at radius 1 is 1.25 bits per heavy atom. The summed E-state index contributed by atoms with van der Waals surface area (Å²) in [6, 6.07) is 3.86. The molecule has 0 radical (unpaired) electrons. The van der Waals surface area contributed by atoms with Crippen LogP contribution in [-0.4, -0.2) is 81.7 Å². The summed E-state index contributed by atoms with van der Waals surface area (Å²) in [7, 11) is 0. The molecule has 1 aromatic carbocycles. The fourth-order valence-electron chi connectivity index (χ4n) is 5.11. The van der Waals surface area contributed by atoms with E-state index < -0.39 is 5.60 Å². The Bertz CT molecular complexity index is 1010. The van der Waals surface area contributed by atoms with E-state index in [4.69, 9.17) is 21.1 Å². The minimum atomic E-state index is -0.772. The standard InChI is InChI=1S/C27H39ClN4O4/c1-4-7-32-17-22(15-29-32)16-30-10-11-36-27(18-30,14-25(34)31-8-5-23(33)6-9-31)19-35-24-12-20(2)26(28)21(3)13-24/h12-13,15,17,23,33H,4-11,14,16,18-19H2,1-3H3/t27-/m1/s1. The lowest BCUT2D eigenvalue weighted by atomic mass is 9.95. The normalized spacial score (nSPS) is 21.6. The third-order valence-corrected chi connectivity index (χ3v) is 7.67. The number of aliphatic hydroxyl groups is 1. The van der Waals surface area contributed by atoms with Crippen molar-refractivity contribution < 1.29 is 19.4 Å². The predicted octanol–water partition coefficient (Wildman–Crippen LogP) is 3.59. The zero-order chi connectivity index (χ0) is 25.7. The van der Waals surface area contributed by atoms with E-state index in [2.05, 4.69) is 23.1 Å². The first-order valence-corrected chi connectivity index (χ1v) is 13.4. The van der Waals surface area contributed by atoms with Crippen molar-refractivity contribution in [2.45, 2.75) is 71.2 Å². The van der Waals surface area contributed by atoms with Gasteiger partial charge in [0.2, 0.25) is 5.91 Å². The molecule has 1 atom stereocenters. The number of halogens is 1. The van der Waals surface area contributed by atoms with Crippen LogP contribution >= 0.6 is 11.6 Å². The van der Waals surface area contributed by atoms with Crippen molar-refractivity contribution in [2.75, 3.05) is 39.4 Å². The molecule has 4 rings (SSSR count). The number of ether oxygens (including phenoxy) is 2. The number of carbonyl (C=O) groups is 1. The molecular formula is C27H39ClN4O4. The van der Waals surface area contributed by atoms with Gasteiger partial charge in [0.1, 0.15) is 18.0 Å². The van der Waals surface area contributed by atoms with Gasteiger partial charge < -0.3 is 19.5 Å². The molecule has 0 saturated carbocycles. The van der Waals surface area contributed by atoms with Crippen molar-refractivity contribution in [2.24, 2.45) is 0 Å². The quantitative estimate of drug-likeness (QED) is 0.546. The minimum Gasteiger partial charge on any atom is -0.490 e. The van der Waals surface area contributed by atoms with Crippen LogP contribution in [0.5, 0.6) is 5.75 Å². The number of likely N-dealkylation sites (tertiary alicyclic amines) is 1. The predicted molar refractivity (Wildman–Crippen MR) is 139 cm³/mol.